The Morgan fingerprint density at radius 2 is 1.74 bits per heavy atom. The van der Waals surface area contributed by atoms with Crippen molar-refractivity contribution in [3.05, 3.63) is 78.4 Å². The highest BCUT2D eigenvalue weighted by Crippen LogP contribution is 2.25. The number of anilines is 1. The summed E-state index contributed by atoms with van der Waals surface area (Å²) in [6, 6.07) is 25.6. The zero-order valence-electron chi connectivity index (χ0n) is 15.6. The highest BCUT2D eigenvalue weighted by atomic mass is 16.1. The van der Waals surface area contributed by atoms with Crippen molar-refractivity contribution in [3.63, 3.8) is 0 Å². The molecule has 4 rings (SSSR count). The number of benzene rings is 3. The maximum atomic E-state index is 12.4. The molecular formula is C24H26N2O. The van der Waals surface area contributed by atoms with E-state index in [2.05, 4.69) is 76.9 Å². The minimum atomic E-state index is 0.142. The molecule has 3 aromatic rings. The molecule has 3 aromatic carbocycles. The normalized spacial score (nSPS) is 16.6. The molecule has 3 nitrogen and oxygen atoms in total. The fourth-order valence-corrected chi connectivity index (χ4v) is 4.09. The second kappa shape index (κ2) is 8.26. The first kappa shape index (κ1) is 17.6. The van der Waals surface area contributed by atoms with Gasteiger partial charge in [0.15, 0.2) is 0 Å². The molecule has 0 aromatic heterocycles. The Morgan fingerprint density at radius 3 is 2.63 bits per heavy atom. The standard InChI is InChI=1S/C24H26N2O/c27-24(16-15-20-10-6-9-19-8-4-5-14-23(19)20)25-18-22-13-7-17-26(22)21-11-2-1-3-12-21/h1-6,8-12,14,22H,7,13,15-18H2,(H,25,27)/t22-/m0/s1. The van der Waals surface area contributed by atoms with Crippen LogP contribution >= 0.6 is 0 Å². The molecule has 1 heterocycles. The molecule has 1 aliphatic heterocycles. The average Bonchev–Trinajstić information content (AvgIpc) is 3.20. The Hall–Kier alpha value is -2.81. The molecule has 1 N–H and O–H groups in total. The van der Waals surface area contributed by atoms with Gasteiger partial charge in [-0.15, -0.1) is 0 Å². The summed E-state index contributed by atoms with van der Waals surface area (Å²) in [6.45, 7) is 1.80. The number of nitrogens with zero attached hydrogens (tertiary/aromatic N) is 1. The SMILES string of the molecule is O=C(CCc1cccc2ccccc12)NC[C@@H]1CCCN1c1ccccc1. The van der Waals surface area contributed by atoms with Crippen molar-refractivity contribution in [2.24, 2.45) is 0 Å². The highest BCUT2D eigenvalue weighted by molar-refractivity contribution is 5.86. The number of rotatable bonds is 6. The van der Waals surface area contributed by atoms with E-state index in [-0.39, 0.29) is 5.91 Å². The van der Waals surface area contributed by atoms with Gasteiger partial charge in [-0.25, -0.2) is 0 Å². The molecule has 1 atom stereocenters. The fraction of sp³-hybridized carbons (Fsp3) is 0.292. The van der Waals surface area contributed by atoms with Gasteiger partial charge in [-0.1, -0.05) is 60.7 Å². The number of carbonyl (C=O) groups excluding carboxylic acids is 1. The lowest BCUT2D eigenvalue weighted by molar-refractivity contribution is -0.121. The molecule has 0 aliphatic carbocycles. The molecule has 27 heavy (non-hydrogen) atoms. The number of carbonyl (C=O) groups is 1. The van der Waals surface area contributed by atoms with Crippen molar-refractivity contribution in [1.82, 2.24) is 5.32 Å². The monoisotopic (exact) mass is 358 g/mol. The van der Waals surface area contributed by atoms with Crippen LogP contribution < -0.4 is 10.2 Å². The van der Waals surface area contributed by atoms with Crippen molar-refractivity contribution < 1.29 is 4.79 Å². The second-order valence-electron chi connectivity index (χ2n) is 7.27. The first-order chi connectivity index (χ1) is 13.3. The molecule has 0 radical (unpaired) electrons. The summed E-state index contributed by atoms with van der Waals surface area (Å²) in [5.41, 5.74) is 2.50. The van der Waals surface area contributed by atoms with Crippen molar-refractivity contribution in [3.8, 4) is 0 Å². The minimum absolute atomic E-state index is 0.142. The van der Waals surface area contributed by atoms with Gasteiger partial charge in [-0.05, 0) is 47.7 Å². The van der Waals surface area contributed by atoms with E-state index in [0.29, 0.717) is 12.5 Å². The molecule has 0 bridgehead atoms. The van der Waals surface area contributed by atoms with Gasteiger partial charge in [-0.3, -0.25) is 4.79 Å². The number of hydrogen-bond acceptors (Lipinski definition) is 2. The molecule has 138 valence electrons. The molecule has 1 saturated heterocycles. The van der Waals surface area contributed by atoms with Gasteiger partial charge in [0, 0.05) is 31.2 Å². The zero-order valence-corrected chi connectivity index (χ0v) is 15.6. The molecule has 0 saturated carbocycles. The highest BCUT2D eigenvalue weighted by Gasteiger charge is 2.24. The third-order valence-corrected chi connectivity index (χ3v) is 5.50. The maximum Gasteiger partial charge on any atom is 0.220 e. The van der Waals surface area contributed by atoms with Crippen molar-refractivity contribution in [2.75, 3.05) is 18.0 Å². The first-order valence-corrected chi connectivity index (χ1v) is 9.86. The van der Waals surface area contributed by atoms with Gasteiger partial charge in [0.2, 0.25) is 5.91 Å². The predicted molar refractivity (Wildman–Crippen MR) is 112 cm³/mol. The summed E-state index contributed by atoms with van der Waals surface area (Å²) in [7, 11) is 0. The summed E-state index contributed by atoms with van der Waals surface area (Å²) in [5, 5.41) is 5.65. The fourth-order valence-electron chi connectivity index (χ4n) is 4.09. The van der Waals surface area contributed by atoms with Crippen LogP contribution in [0.15, 0.2) is 72.8 Å². The van der Waals surface area contributed by atoms with Crippen LogP contribution in [0.1, 0.15) is 24.8 Å². The lowest BCUT2D eigenvalue weighted by atomic mass is 10.0. The molecule has 1 aliphatic rings. The molecule has 1 amide bonds. The topological polar surface area (TPSA) is 32.3 Å². The van der Waals surface area contributed by atoms with Crippen molar-refractivity contribution >= 4 is 22.4 Å². The van der Waals surface area contributed by atoms with Crippen LogP contribution in [0.4, 0.5) is 5.69 Å². The van der Waals surface area contributed by atoms with Crippen LogP contribution in [0.25, 0.3) is 10.8 Å². The van der Waals surface area contributed by atoms with E-state index in [4.69, 9.17) is 0 Å². The minimum Gasteiger partial charge on any atom is -0.367 e. The summed E-state index contributed by atoms with van der Waals surface area (Å²) in [4.78, 5) is 14.8. The van der Waals surface area contributed by atoms with E-state index in [1.807, 2.05) is 6.07 Å². The van der Waals surface area contributed by atoms with E-state index in [9.17, 15) is 4.79 Å². The van der Waals surface area contributed by atoms with E-state index in [1.165, 1.54) is 28.4 Å². The Morgan fingerprint density at radius 1 is 0.963 bits per heavy atom. The number of para-hydroxylation sites is 1. The van der Waals surface area contributed by atoms with Gasteiger partial charge >= 0.3 is 0 Å². The van der Waals surface area contributed by atoms with Gasteiger partial charge in [0.25, 0.3) is 0 Å². The predicted octanol–water partition coefficient (Wildman–Crippen LogP) is 4.56. The summed E-state index contributed by atoms with van der Waals surface area (Å²) >= 11 is 0. The molecule has 0 unspecified atom stereocenters. The van der Waals surface area contributed by atoms with Crippen LogP contribution in [0.5, 0.6) is 0 Å². The van der Waals surface area contributed by atoms with E-state index in [1.54, 1.807) is 0 Å². The van der Waals surface area contributed by atoms with Crippen LogP contribution in [0, 0.1) is 0 Å². The number of fused-ring (bicyclic) bond motifs is 1. The van der Waals surface area contributed by atoms with Gasteiger partial charge < -0.3 is 10.2 Å². The van der Waals surface area contributed by atoms with E-state index in [0.717, 1.165) is 25.9 Å². The lowest BCUT2D eigenvalue weighted by Crippen LogP contribution is -2.40. The summed E-state index contributed by atoms with van der Waals surface area (Å²) < 4.78 is 0. The number of nitrogens with one attached hydrogen (secondary N) is 1. The Labute approximate surface area is 161 Å². The lowest BCUT2D eigenvalue weighted by Gasteiger charge is -2.27. The first-order valence-electron chi connectivity index (χ1n) is 9.86. The number of aryl methyl sites for hydroxylation is 1. The number of hydrogen-bond donors (Lipinski definition) is 1. The second-order valence-corrected chi connectivity index (χ2v) is 7.27. The molecule has 3 heteroatoms. The Kier molecular flexibility index (Phi) is 5.38. The van der Waals surface area contributed by atoms with E-state index < -0.39 is 0 Å². The zero-order chi connectivity index (χ0) is 18.5. The average molecular weight is 358 g/mol. The third kappa shape index (κ3) is 4.13. The van der Waals surface area contributed by atoms with Gasteiger partial charge in [0.1, 0.15) is 0 Å². The Bertz CT molecular complexity index is 901. The largest absolute Gasteiger partial charge is 0.367 e. The smallest absolute Gasteiger partial charge is 0.220 e. The van der Waals surface area contributed by atoms with Crippen molar-refractivity contribution in [1.29, 1.82) is 0 Å². The quantitative estimate of drug-likeness (QED) is 0.701. The van der Waals surface area contributed by atoms with Crippen LogP contribution in [0.3, 0.4) is 0 Å². The molecule has 0 spiro atoms. The van der Waals surface area contributed by atoms with Crippen LogP contribution in [-0.2, 0) is 11.2 Å². The van der Waals surface area contributed by atoms with E-state index >= 15 is 0 Å². The van der Waals surface area contributed by atoms with Gasteiger partial charge in [-0.2, -0.15) is 0 Å². The molecular weight excluding hydrogens is 332 g/mol. The van der Waals surface area contributed by atoms with Crippen molar-refractivity contribution in [2.45, 2.75) is 31.7 Å². The Balaban J connectivity index is 1.32. The third-order valence-electron chi connectivity index (χ3n) is 5.50. The van der Waals surface area contributed by atoms with Crippen LogP contribution in [0.2, 0.25) is 0 Å². The molecule has 1 fully saturated rings. The van der Waals surface area contributed by atoms with Crippen LogP contribution in [-0.4, -0.2) is 25.0 Å². The summed E-state index contributed by atoms with van der Waals surface area (Å²) in [6.07, 6.45) is 3.64. The summed E-state index contributed by atoms with van der Waals surface area (Å²) in [5.74, 6) is 0.142. The number of amides is 1. The van der Waals surface area contributed by atoms with Gasteiger partial charge in [0.05, 0.1) is 0 Å². The maximum absolute atomic E-state index is 12.4.